The van der Waals surface area contributed by atoms with E-state index in [1.807, 2.05) is 6.07 Å². The Morgan fingerprint density at radius 1 is 1.22 bits per heavy atom. The SMILES string of the molecule is CN(C)C(=O)c1cc(NC(=O)C=Cc2ccc(OCC#N)cc2)ccc1Cl. The van der Waals surface area contributed by atoms with E-state index in [-0.39, 0.29) is 18.4 Å². The molecule has 0 aliphatic carbocycles. The quantitative estimate of drug-likeness (QED) is 0.772. The topological polar surface area (TPSA) is 82.4 Å². The first-order valence-corrected chi connectivity index (χ1v) is 8.38. The monoisotopic (exact) mass is 383 g/mol. The van der Waals surface area contributed by atoms with Crippen LogP contribution < -0.4 is 10.1 Å². The molecule has 2 amide bonds. The van der Waals surface area contributed by atoms with Gasteiger partial charge in [-0.2, -0.15) is 5.26 Å². The molecule has 7 heteroatoms. The van der Waals surface area contributed by atoms with Crippen LogP contribution in [-0.4, -0.2) is 37.4 Å². The predicted octanol–water partition coefficient (Wildman–Crippen LogP) is 3.60. The number of halogens is 1. The van der Waals surface area contributed by atoms with Gasteiger partial charge in [-0.05, 0) is 42.0 Å². The Morgan fingerprint density at radius 2 is 1.93 bits per heavy atom. The van der Waals surface area contributed by atoms with Crippen molar-refractivity contribution in [3.63, 3.8) is 0 Å². The third-order valence-corrected chi connectivity index (χ3v) is 3.81. The van der Waals surface area contributed by atoms with Gasteiger partial charge >= 0.3 is 0 Å². The fraction of sp³-hybridized carbons (Fsp3) is 0.150. The maximum absolute atomic E-state index is 12.1. The van der Waals surface area contributed by atoms with Crippen LogP contribution in [0.25, 0.3) is 6.08 Å². The van der Waals surface area contributed by atoms with Crippen LogP contribution in [0, 0.1) is 11.3 Å². The number of carbonyl (C=O) groups excluding carboxylic acids is 2. The molecule has 0 radical (unpaired) electrons. The first-order valence-electron chi connectivity index (χ1n) is 8.01. The fourth-order valence-corrected chi connectivity index (χ4v) is 2.35. The molecule has 138 valence electrons. The zero-order valence-corrected chi connectivity index (χ0v) is 15.7. The Bertz CT molecular complexity index is 900. The van der Waals surface area contributed by atoms with E-state index in [4.69, 9.17) is 21.6 Å². The molecule has 2 rings (SSSR count). The summed E-state index contributed by atoms with van der Waals surface area (Å²) < 4.78 is 5.17. The summed E-state index contributed by atoms with van der Waals surface area (Å²) >= 11 is 6.06. The second-order valence-corrected chi connectivity index (χ2v) is 6.14. The van der Waals surface area contributed by atoms with E-state index >= 15 is 0 Å². The highest BCUT2D eigenvalue weighted by Crippen LogP contribution is 2.22. The molecule has 0 fully saturated rings. The Morgan fingerprint density at radius 3 is 2.56 bits per heavy atom. The lowest BCUT2D eigenvalue weighted by Gasteiger charge is -2.13. The van der Waals surface area contributed by atoms with Gasteiger partial charge in [0, 0.05) is 25.9 Å². The van der Waals surface area contributed by atoms with E-state index in [9.17, 15) is 9.59 Å². The summed E-state index contributed by atoms with van der Waals surface area (Å²) in [4.78, 5) is 25.6. The molecule has 0 atom stereocenters. The molecule has 2 aromatic rings. The number of hydrogen-bond donors (Lipinski definition) is 1. The zero-order valence-electron chi connectivity index (χ0n) is 14.9. The molecule has 0 aliphatic rings. The van der Waals surface area contributed by atoms with Crippen molar-refractivity contribution in [1.29, 1.82) is 5.26 Å². The van der Waals surface area contributed by atoms with E-state index in [0.29, 0.717) is 22.0 Å². The largest absolute Gasteiger partial charge is 0.479 e. The van der Waals surface area contributed by atoms with E-state index in [2.05, 4.69) is 5.32 Å². The molecule has 0 spiro atoms. The maximum Gasteiger partial charge on any atom is 0.254 e. The summed E-state index contributed by atoms with van der Waals surface area (Å²) in [7, 11) is 3.26. The number of benzene rings is 2. The van der Waals surface area contributed by atoms with Gasteiger partial charge in [0.25, 0.3) is 5.91 Å². The highest BCUT2D eigenvalue weighted by Gasteiger charge is 2.13. The number of nitriles is 1. The van der Waals surface area contributed by atoms with Crippen molar-refractivity contribution in [1.82, 2.24) is 4.90 Å². The van der Waals surface area contributed by atoms with Crippen LogP contribution in [0.4, 0.5) is 5.69 Å². The van der Waals surface area contributed by atoms with Gasteiger partial charge in [-0.25, -0.2) is 0 Å². The average molecular weight is 384 g/mol. The molecule has 1 N–H and O–H groups in total. The normalized spacial score (nSPS) is 10.3. The van der Waals surface area contributed by atoms with Crippen molar-refractivity contribution in [2.45, 2.75) is 0 Å². The number of carbonyl (C=O) groups is 2. The number of rotatable bonds is 6. The molecule has 0 saturated carbocycles. The van der Waals surface area contributed by atoms with E-state index in [0.717, 1.165) is 5.56 Å². The summed E-state index contributed by atoms with van der Waals surface area (Å²) in [5, 5.41) is 11.5. The summed E-state index contributed by atoms with van der Waals surface area (Å²) in [6, 6.07) is 13.6. The van der Waals surface area contributed by atoms with Crippen molar-refractivity contribution in [3.8, 4) is 11.8 Å². The molecule has 27 heavy (non-hydrogen) atoms. The second-order valence-electron chi connectivity index (χ2n) is 5.73. The molecular weight excluding hydrogens is 366 g/mol. The summed E-state index contributed by atoms with van der Waals surface area (Å²) in [5.41, 5.74) is 1.59. The van der Waals surface area contributed by atoms with E-state index < -0.39 is 0 Å². The second kappa shape index (κ2) is 9.41. The molecule has 6 nitrogen and oxygen atoms in total. The minimum atomic E-state index is -0.342. The van der Waals surface area contributed by atoms with Crippen LogP contribution in [0.2, 0.25) is 5.02 Å². The van der Waals surface area contributed by atoms with Gasteiger partial charge < -0.3 is 15.0 Å². The van der Waals surface area contributed by atoms with Crippen molar-refractivity contribution in [3.05, 3.63) is 64.7 Å². The number of hydrogen-bond acceptors (Lipinski definition) is 4. The standard InChI is InChI=1S/C20H18ClN3O3/c1-24(2)20(26)17-13-15(6-9-18(17)21)23-19(25)10-5-14-3-7-16(8-4-14)27-12-11-22/h3-10,13H,12H2,1-2H3,(H,23,25). The Labute approximate surface area is 162 Å². The van der Waals surface area contributed by atoms with Crippen LogP contribution in [0.5, 0.6) is 5.75 Å². The third kappa shape index (κ3) is 5.87. The average Bonchev–Trinajstić information content (AvgIpc) is 2.66. The van der Waals surface area contributed by atoms with Gasteiger partial charge in [0.2, 0.25) is 5.91 Å². The summed E-state index contributed by atoms with van der Waals surface area (Å²) in [6.07, 6.45) is 3.03. The molecule has 0 bridgehead atoms. The Balaban J connectivity index is 2.03. The van der Waals surface area contributed by atoms with Gasteiger partial charge in [0.05, 0.1) is 10.6 Å². The van der Waals surface area contributed by atoms with Crippen LogP contribution in [0.3, 0.4) is 0 Å². The van der Waals surface area contributed by atoms with Gasteiger partial charge in [-0.15, -0.1) is 0 Å². The lowest BCUT2D eigenvalue weighted by atomic mass is 10.1. The van der Waals surface area contributed by atoms with Crippen LogP contribution >= 0.6 is 11.6 Å². The third-order valence-electron chi connectivity index (χ3n) is 3.48. The van der Waals surface area contributed by atoms with Gasteiger partial charge in [-0.1, -0.05) is 23.7 Å². The lowest BCUT2D eigenvalue weighted by Crippen LogP contribution is -2.22. The highest BCUT2D eigenvalue weighted by molar-refractivity contribution is 6.34. The summed E-state index contributed by atoms with van der Waals surface area (Å²) in [5.74, 6) is -0.00636. The van der Waals surface area contributed by atoms with E-state index in [1.54, 1.807) is 56.6 Å². The minimum absolute atomic E-state index is 0.0169. The maximum atomic E-state index is 12.1. The molecular formula is C20H18ClN3O3. The van der Waals surface area contributed by atoms with Crippen molar-refractivity contribution in [2.24, 2.45) is 0 Å². The highest BCUT2D eigenvalue weighted by atomic mass is 35.5. The van der Waals surface area contributed by atoms with Crippen molar-refractivity contribution in [2.75, 3.05) is 26.0 Å². The summed E-state index contributed by atoms with van der Waals surface area (Å²) in [6.45, 7) is -0.0169. The van der Waals surface area contributed by atoms with Crippen molar-refractivity contribution < 1.29 is 14.3 Å². The first kappa shape index (κ1) is 20.0. The number of anilines is 1. The number of ether oxygens (including phenoxy) is 1. The zero-order chi connectivity index (χ0) is 19.8. The van der Waals surface area contributed by atoms with Gasteiger partial charge in [0.1, 0.15) is 11.8 Å². The smallest absolute Gasteiger partial charge is 0.254 e. The van der Waals surface area contributed by atoms with Gasteiger partial charge in [0.15, 0.2) is 6.61 Å². The first-order chi connectivity index (χ1) is 12.9. The number of nitrogens with zero attached hydrogens (tertiary/aromatic N) is 2. The Hall–Kier alpha value is -3.30. The molecule has 0 heterocycles. The van der Waals surface area contributed by atoms with Crippen LogP contribution in [-0.2, 0) is 4.79 Å². The number of amides is 2. The predicted molar refractivity (Wildman–Crippen MR) is 105 cm³/mol. The number of nitrogens with one attached hydrogen (secondary N) is 1. The molecule has 0 aromatic heterocycles. The lowest BCUT2D eigenvalue weighted by molar-refractivity contribution is -0.111. The van der Waals surface area contributed by atoms with E-state index in [1.165, 1.54) is 17.0 Å². The molecule has 2 aromatic carbocycles. The fourth-order valence-electron chi connectivity index (χ4n) is 2.15. The molecule has 0 saturated heterocycles. The minimum Gasteiger partial charge on any atom is -0.479 e. The molecule has 0 aliphatic heterocycles. The van der Waals surface area contributed by atoms with Crippen LogP contribution in [0.15, 0.2) is 48.5 Å². The van der Waals surface area contributed by atoms with Crippen molar-refractivity contribution >= 4 is 35.2 Å². The van der Waals surface area contributed by atoms with Gasteiger partial charge in [-0.3, -0.25) is 9.59 Å². The molecule has 0 unspecified atom stereocenters. The van der Waals surface area contributed by atoms with Crippen LogP contribution in [0.1, 0.15) is 15.9 Å². The Kier molecular flexibility index (Phi) is 6.98.